The highest BCUT2D eigenvalue weighted by atomic mass is 16.5. The van der Waals surface area contributed by atoms with Crippen molar-refractivity contribution < 1.29 is 14.9 Å². The van der Waals surface area contributed by atoms with Crippen LogP contribution in [0.3, 0.4) is 0 Å². The lowest BCUT2D eigenvalue weighted by molar-refractivity contribution is -0.0716. The summed E-state index contributed by atoms with van der Waals surface area (Å²) in [5.74, 6) is 0.295. The summed E-state index contributed by atoms with van der Waals surface area (Å²) < 4.78 is 7.52. The summed E-state index contributed by atoms with van der Waals surface area (Å²) in [7, 11) is 0. The van der Waals surface area contributed by atoms with E-state index >= 15 is 0 Å². The molecule has 0 unspecified atom stereocenters. The fourth-order valence-corrected chi connectivity index (χ4v) is 2.41. The number of rotatable bonds is 7. The van der Waals surface area contributed by atoms with Crippen molar-refractivity contribution >= 4 is 17.0 Å². The zero-order valence-electron chi connectivity index (χ0n) is 13.0. The minimum Gasteiger partial charge on any atom is -0.394 e. The lowest BCUT2D eigenvalue weighted by Gasteiger charge is -2.22. The summed E-state index contributed by atoms with van der Waals surface area (Å²) >= 11 is 0. The number of benzene rings is 1. The Morgan fingerprint density at radius 1 is 1.17 bits per heavy atom. The number of ether oxygens (including phenoxy) is 1. The van der Waals surface area contributed by atoms with Gasteiger partial charge in [0.2, 0.25) is 0 Å². The van der Waals surface area contributed by atoms with Crippen LogP contribution in [-0.4, -0.2) is 48.5 Å². The van der Waals surface area contributed by atoms with Gasteiger partial charge in [0.15, 0.2) is 11.5 Å². The van der Waals surface area contributed by atoms with E-state index in [9.17, 15) is 10.2 Å². The van der Waals surface area contributed by atoms with E-state index in [4.69, 9.17) is 10.5 Å². The summed E-state index contributed by atoms with van der Waals surface area (Å²) in [5, 5.41) is 19.3. The fourth-order valence-electron chi connectivity index (χ4n) is 2.41. The van der Waals surface area contributed by atoms with Crippen LogP contribution in [-0.2, 0) is 17.9 Å². The van der Waals surface area contributed by atoms with E-state index in [0.29, 0.717) is 23.6 Å². The third kappa shape index (κ3) is 3.51. The molecular weight excluding hydrogens is 310 g/mol. The molecule has 0 bridgehead atoms. The summed E-state index contributed by atoms with van der Waals surface area (Å²) in [5.41, 5.74) is 7.81. The van der Waals surface area contributed by atoms with Crippen molar-refractivity contribution in [2.75, 3.05) is 12.3 Å². The quantitative estimate of drug-likeness (QED) is 0.572. The molecular formula is C16H19N5O3. The molecule has 2 atom stereocenters. The highest BCUT2D eigenvalue weighted by Gasteiger charge is 2.21. The van der Waals surface area contributed by atoms with Gasteiger partial charge in [-0.2, -0.15) is 0 Å². The van der Waals surface area contributed by atoms with Gasteiger partial charge in [0, 0.05) is 0 Å². The maximum absolute atomic E-state index is 10.1. The molecule has 0 aliphatic rings. The lowest BCUT2D eigenvalue weighted by Crippen LogP contribution is -2.35. The first kappa shape index (κ1) is 16.3. The molecule has 8 nitrogen and oxygen atoms in total. The van der Waals surface area contributed by atoms with Crippen LogP contribution in [0.4, 0.5) is 5.82 Å². The normalized spacial score (nSPS) is 13.9. The zero-order chi connectivity index (χ0) is 16.9. The molecule has 0 saturated carbocycles. The largest absolute Gasteiger partial charge is 0.394 e. The smallest absolute Gasteiger partial charge is 0.165 e. The van der Waals surface area contributed by atoms with Crippen molar-refractivity contribution in [2.24, 2.45) is 0 Å². The predicted octanol–water partition coefficient (Wildman–Crippen LogP) is 0.347. The molecule has 4 N–H and O–H groups in total. The number of hydrogen-bond donors (Lipinski definition) is 3. The van der Waals surface area contributed by atoms with Crippen LogP contribution in [0.15, 0.2) is 43.0 Å². The number of nitrogens with zero attached hydrogens (tertiary/aromatic N) is 4. The summed E-state index contributed by atoms with van der Waals surface area (Å²) in [6.45, 7) is 0.205. The lowest BCUT2D eigenvalue weighted by atomic mass is 10.2. The molecule has 8 heteroatoms. The molecule has 2 heterocycles. The fraction of sp³-hybridized carbons (Fsp3) is 0.312. The van der Waals surface area contributed by atoms with Gasteiger partial charge in [-0.3, -0.25) is 0 Å². The number of imidazole rings is 1. The summed E-state index contributed by atoms with van der Waals surface area (Å²) in [6, 6.07) is 9.62. The van der Waals surface area contributed by atoms with Gasteiger partial charge in [-0.25, -0.2) is 15.0 Å². The van der Waals surface area contributed by atoms with E-state index in [0.717, 1.165) is 5.56 Å². The summed E-state index contributed by atoms with van der Waals surface area (Å²) in [4.78, 5) is 12.3. The number of aliphatic hydroxyl groups is 2. The molecule has 3 rings (SSSR count). The molecule has 24 heavy (non-hydrogen) atoms. The van der Waals surface area contributed by atoms with E-state index in [1.54, 1.807) is 10.9 Å². The van der Waals surface area contributed by atoms with Gasteiger partial charge in [0.1, 0.15) is 24.1 Å². The molecule has 1 aromatic carbocycles. The third-order valence-electron chi connectivity index (χ3n) is 3.73. The van der Waals surface area contributed by atoms with Crippen molar-refractivity contribution in [3.05, 3.63) is 48.5 Å². The van der Waals surface area contributed by atoms with Crippen LogP contribution in [0.25, 0.3) is 11.2 Å². The molecule has 0 fully saturated rings. The Hall–Kier alpha value is -2.55. The minimum atomic E-state index is -1.02. The van der Waals surface area contributed by atoms with Crippen molar-refractivity contribution in [3.8, 4) is 0 Å². The van der Waals surface area contributed by atoms with Gasteiger partial charge in [0.05, 0.1) is 26.1 Å². The average molecular weight is 329 g/mol. The van der Waals surface area contributed by atoms with Crippen LogP contribution in [0.2, 0.25) is 0 Å². The number of aliphatic hydroxyl groups excluding tert-OH is 2. The number of anilines is 1. The van der Waals surface area contributed by atoms with Gasteiger partial charge in [-0.15, -0.1) is 0 Å². The molecule has 0 amide bonds. The maximum atomic E-state index is 10.1. The van der Waals surface area contributed by atoms with Gasteiger partial charge in [-0.1, -0.05) is 30.3 Å². The topological polar surface area (TPSA) is 119 Å². The molecule has 3 aromatic rings. The van der Waals surface area contributed by atoms with Crippen LogP contribution >= 0.6 is 0 Å². The molecule has 0 aliphatic heterocycles. The van der Waals surface area contributed by atoms with Crippen LogP contribution in [0.1, 0.15) is 5.56 Å². The van der Waals surface area contributed by atoms with Crippen LogP contribution < -0.4 is 5.73 Å². The first-order valence-electron chi connectivity index (χ1n) is 7.54. The Bertz CT molecular complexity index is 793. The Labute approximate surface area is 138 Å². The highest BCUT2D eigenvalue weighted by molar-refractivity contribution is 5.81. The second-order valence-electron chi connectivity index (χ2n) is 5.41. The first-order chi connectivity index (χ1) is 11.7. The molecule has 0 spiro atoms. The van der Waals surface area contributed by atoms with Gasteiger partial charge >= 0.3 is 0 Å². The Balaban J connectivity index is 1.77. The van der Waals surface area contributed by atoms with Crippen molar-refractivity contribution in [3.63, 3.8) is 0 Å². The molecule has 0 saturated heterocycles. The van der Waals surface area contributed by atoms with Gasteiger partial charge in [-0.05, 0) is 5.56 Å². The van der Waals surface area contributed by atoms with Crippen LogP contribution in [0.5, 0.6) is 0 Å². The number of nitrogen functional groups attached to an aromatic ring is 1. The predicted molar refractivity (Wildman–Crippen MR) is 87.8 cm³/mol. The Morgan fingerprint density at radius 3 is 2.71 bits per heavy atom. The van der Waals surface area contributed by atoms with Crippen molar-refractivity contribution in [2.45, 2.75) is 25.4 Å². The summed E-state index contributed by atoms with van der Waals surface area (Å²) in [6.07, 6.45) is 1.28. The number of fused-ring (bicyclic) bond motifs is 1. The van der Waals surface area contributed by atoms with E-state index in [-0.39, 0.29) is 6.54 Å². The van der Waals surface area contributed by atoms with Gasteiger partial charge < -0.3 is 25.3 Å². The highest BCUT2D eigenvalue weighted by Crippen LogP contribution is 2.16. The van der Waals surface area contributed by atoms with E-state index in [1.165, 1.54) is 6.33 Å². The average Bonchev–Trinajstić information content (AvgIpc) is 3.03. The second kappa shape index (κ2) is 7.35. The van der Waals surface area contributed by atoms with Crippen molar-refractivity contribution in [1.29, 1.82) is 0 Å². The van der Waals surface area contributed by atoms with E-state index in [2.05, 4.69) is 15.0 Å². The van der Waals surface area contributed by atoms with E-state index < -0.39 is 18.8 Å². The Kier molecular flexibility index (Phi) is 4.99. The molecule has 126 valence electrons. The standard InChI is InChI=1S/C16H19N5O3/c17-15-14-16(19-9-18-15)21(10-20-14)6-13(12(23)7-22)24-8-11-4-2-1-3-5-11/h1-5,9-10,12-13,22-23H,6-8H2,(H2,17,18,19)/t12-,13-/m0/s1. The number of nitrogens with two attached hydrogens (primary N) is 1. The second-order valence-corrected chi connectivity index (χ2v) is 5.41. The zero-order valence-corrected chi connectivity index (χ0v) is 13.0. The minimum absolute atomic E-state index is 0.279. The first-order valence-corrected chi connectivity index (χ1v) is 7.54. The molecule has 2 aromatic heterocycles. The van der Waals surface area contributed by atoms with Crippen molar-refractivity contribution in [1.82, 2.24) is 19.5 Å². The number of hydrogen-bond acceptors (Lipinski definition) is 7. The Morgan fingerprint density at radius 2 is 1.96 bits per heavy atom. The van der Waals surface area contributed by atoms with E-state index in [1.807, 2.05) is 30.3 Å². The molecule has 0 aliphatic carbocycles. The number of aromatic nitrogens is 4. The SMILES string of the molecule is Nc1ncnc2c1ncn2C[C@H](OCc1ccccc1)[C@@H](O)CO. The monoisotopic (exact) mass is 329 g/mol. The maximum Gasteiger partial charge on any atom is 0.165 e. The third-order valence-corrected chi connectivity index (χ3v) is 3.73. The van der Waals surface area contributed by atoms with Gasteiger partial charge in [0.25, 0.3) is 0 Å². The van der Waals surface area contributed by atoms with Crippen LogP contribution in [0, 0.1) is 0 Å². The molecule has 0 radical (unpaired) electrons.